The summed E-state index contributed by atoms with van der Waals surface area (Å²) in [6.07, 6.45) is 1.88. The summed E-state index contributed by atoms with van der Waals surface area (Å²) in [6.45, 7) is 4.05. The lowest BCUT2D eigenvalue weighted by Gasteiger charge is -1.96. The lowest BCUT2D eigenvalue weighted by molar-refractivity contribution is -0.131. The van der Waals surface area contributed by atoms with E-state index in [2.05, 4.69) is 9.97 Å². The highest BCUT2D eigenvalue weighted by Gasteiger charge is 2.09. The van der Waals surface area contributed by atoms with Gasteiger partial charge in [0.1, 0.15) is 5.82 Å². The summed E-state index contributed by atoms with van der Waals surface area (Å²) in [4.78, 5) is 29.7. The fourth-order valence-electron chi connectivity index (χ4n) is 1.70. The standard InChI is InChI=1S/C14H14N2O3/c1-8(2)14-15-10-4-3-9(7-11(10)16-14)12(17)5-6-13(18)19/h3-8H,1-2H3,(H,15,16)(H,18,19)/b6-5+. The van der Waals surface area contributed by atoms with E-state index in [1.165, 1.54) is 0 Å². The van der Waals surface area contributed by atoms with E-state index >= 15 is 0 Å². The maximum absolute atomic E-state index is 11.7. The average molecular weight is 258 g/mol. The van der Waals surface area contributed by atoms with Gasteiger partial charge in [-0.1, -0.05) is 13.8 Å². The van der Waals surface area contributed by atoms with E-state index < -0.39 is 5.97 Å². The van der Waals surface area contributed by atoms with Crippen LogP contribution in [0.15, 0.2) is 30.4 Å². The first-order valence-electron chi connectivity index (χ1n) is 5.92. The summed E-state index contributed by atoms with van der Waals surface area (Å²) >= 11 is 0. The van der Waals surface area contributed by atoms with Crippen molar-refractivity contribution in [3.8, 4) is 0 Å². The minimum absolute atomic E-state index is 0.276. The van der Waals surface area contributed by atoms with Gasteiger partial charge in [0, 0.05) is 17.6 Å². The number of benzene rings is 1. The second kappa shape index (κ2) is 5.06. The predicted molar refractivity (Wildman–Crippen MR) is 71.3 cm³/mol. The minimum Gasteiger partial charge on any atom is -0.478 e. The number of hydrogen-bond donors (Lipinski definition) is 2. The van der Waals surface area contributed by atoms with E-state index in [0.29, 0.717) is 5.56 Å². The number of nitrogens with zero attached hydrogens (tertiary/aromatic N) is 1. The van der Waals surface area contributed by atoms with Crippen molar-refractivity contribution < 1.29 is 14.7 Å². The van der Waals surface area contributed by atoms with Crippen LogP contribution in [0.5, 0.6) is 0 Å². The van der Waals surface area contributed by atoms with Crippen LogP contribution in [0.3, 0.4) is 0 Å². The first-order valence-corrected chi connectivity index (χ1v) is 5.92. The molecule has 0 fully saturated rings. The Hall–Kier alpha value is -2.43. The molecular weight excluding hydrogens is 244 g/mol. The van der Waals surface area contributed by atoms with Crippen LogP contribution in [0, 0.1) is 0 Å². The van der Waals surface area contributed by atoms with Crippen molar-refractivity contribution in [1.29, 1.82) is 0 Å². The molecule has 2 rings (SSSR count). The van der Waals surface area contributed by atoms with Gasteiger partial charge in [-0.25, -0.2) is 9.78 Å². The number of aliphatic carboxylic acids is 1. The Morgan fingerprint density at radius 1 is 1.32 bits per heavy atom. The monoisotopic (exact) mass is 258 g/mol. The van der Waals surface area contributed by atoms with E-state index in [-0.39, 0.29) is 11.7 Å². The van der Waals surface area contributed by atoms with Crippen LogP contribution in [-0.4, -0.2) is 26.8 Å². The van der Waals surface area contributed by atoms with Crippen molar-refractivity contribution in [2.75, 3.05) is 0 Å². The molecule has 1 aromatic heterocycles. The maximum atomic E-state index is 11.7. The van der Waals surface area contributed by atoms with Gasteiger partial charge in [0.15, 0.2) is 5.78 Å². The number of carboxylic acid groups (broad SMARTS) is 1. The second-order valence-corrected chi connectivity index (χ2v) is 4.54. The highest BCUT2D eigenvalue weighted by atomic mass is 16.4. The third-order valence-electron chi connectivity index (χ3n) is 2.71. The van der Waals surface area contributed by atoms with Crippen molar-refractivity contribution in [2.45, 2.75) is 19.8 Å². The molecule has 0 spiro atoms. The molecule has 0 aliphatic rings. The van der Waals surface area contributed by atoms with Crippen LogP contribution in [0.1, 0.15) is 35.9 Å². The van der Waals surface area contributed by atoms with Gasteiger partial charge >= 0.3 is 5.97 Å². The third-order valence-corrected chi connectivity index (χ3v) is 2.71. The number of carbonyl (C=O) groups is 2. The fraction of sp³-hybridized carbons (Fsp3) is 0.214. The molecule has 19 heavy (non-hydrogen) atoms. The quantitative estimate of drug-likeness (QED) is 0.652. The number of allylic oxidation sites excluding steroid dienone is 1. The largest absolute Gasteiger partial charge is 0.478 e. The van der Waals surface area contributed by atoms with E-state index in [4.69, 9.17) is 5.11 Å². The Labute approximate surface area is 110 Å². The van der Waals surface area contributed by atoms with Crippen molar-refractivity contribution in [3.63, 3.8) is 0 Å². The third kappa shape index (κ3) is 2.88. The van der Waals surface area contributed by atoms with Gasteiger partial charge in [-0.05, 0) is 24.3 Å². The number of ketones is 1. The molecule has 0 atom stereocenters. The van der Waals surface area contributed by atoms with E-state index in [1.807, 2.05) is 13.8 Å². The molecule has 0 saturated carbocycles. The molecule has 0 bridgehead atoms. The highest BCUT2D eigenvalue weighted by Crippen LogP contribution is 2.18. The lowest BCUT2D eigenvalue weighted by Crippen LogP contribution is -1.96. The normalized spacial score (nSPS) is 11.5. The Balaban J connectivity index is 2.35. The molecular formula is C14H14N2O3. The van der Waals surface area contributed by atoms with Gasteiger partial charge in [-0.2, -0.15) is 0 Å². The van der Waals surface area contributed by atoms with E-state index in [9.17, 15) is 9.59 Å². The lowest BCUT2D eigenvalue weighted by atomic mass is 10.1. The molecule has 0 aliphatic heterocycles. The molecule has 1 aromatic carbocycles. The first kappa shape index (κ1) is 13.0. The summed E-state index contributed by atoms with van der Waals surface area (Å²) in [7, 11) is 0. The number of aromatic amines is 1. The smallest absolute Gasteiger partial charge is 0.328 e. The summed E-state index contributed by atoms with van der Waals surface area (Å²) in [6, 6.07) is 5.07. The summed E-state index contributed by atoms with van der Waals surface area (Å²) in [5.74, 6) is -0.345. The Kier molecular flexibility index (Phi) is 3.46. The number of H-pyrrole nitrogens is 1. The van der Waals surface area contributed by atoms with Crippen LogP contribution in [0.4, 0.5) is 0 Å². The zero-order valence-corrected chi connectivity index (χ0v) is 10.7. The van der Waals surface area contributed by atoms with Gasteiger partial charge in [0.25, 0.3) is 0 Å². The molecule has 5 heteroatoms. The number of fused-ring (bicyclic) bond motifs is 1. The van der Waals surface area contributed by atoms with E-state index in [0.717, 1.165) is 29.0 Å². The van der Waals surface area contributed by atoms with Gasteiger partial charge in [-0.15, -0.1) is 0 Å². The van der Waals surface area contributed by atoms with Gasteiger partial charge in [0.2, 0.25) is 0 Å². The number of imidazole rings is 1. The zero-order valence-electron chi connectivity index (χ0n) is 10.7. The zero-order chi connectivity index (χ0) is 14.0. The topological polar surface area (TPSA) is 83.1 Å². The SMILES string of the molecule is CC(C)c1nc2ccc(C(=O)/C=C/C(=O)O)cc2[nH]1. The Morgan fingerprint density at radius 2 is 2.05 bits per heavy atom. The van der Waals surface area contributed by atoms with Crippen LogP contribution in [0.25, 0.3) is 11.0 Å². The van der Waals surface area contributed by atoms with E-state index in [1.54, 1.807) is 18.2 Å². The number of aromatic nitrogens is 2. The number of rotatable bonds is 4. The Bertz CT molecular complexity index is 668. The van der Waals surface area contributed by atoms with Crippen LogP contribution in [0.2, 0.25) is 0 Å². The molecule has 0 aliphatic carbocycles. The number of carbonyl (C=O) groups excluding carboxylic acids is 1. The first-order chi connectivity index (χ1) is 8.97. The summed E-state index contributed by atoms with van der Waals surface area (Å²) < 4.78 is 0. The van der Waals surface area contributed by atoms with Crippen molar-refractivity contribution >= 4 is 22.8 Å². The highest BCUT2D eigenvalue weighted by molar-refractivity contribution is 6.08. The second-order valence-electron chi connectivity index (χ2n) is 4.54. The summed E-state index contributed by atoms with van der Waals surface area (Å²) in [5.41, 5.74) is 2.00. The van der Waals surface area contributed by atoms with Gasteiger partial charge < -0.3 is 10.1 Å². The predicted octanol–water partition coefficient (Wildman–Crippen LogP) is 2.51. The molecule has 5 nitrogen and oxygen atoms in total. The maximum Gasteiger partial charge on any atom is 0.328 e. The molecule has 0 saturated heterocycles. The average Bonchev–Trinajstić information content (AvgIpc) is 2.78. The number of hydrogen-bond acceptors (Lipinski definition) is 3. The molecule has 0 unspecified atom stereocenters. The molecule has 2 aromatic rings. The number of nitrogens with one attached hydrogen (secondary N) is 1. The number of carboxylic acids is 1. The molecule has 0 amide bonds. The van der Waals surface area contributed by atoms with Crippen molar-refractivity contribution in [1.82, 2.24) is 9.97 Å². The minimum atomic E-state index is -1.14. The summed E-state index contributed by atoms with van der Waals surface area (Å²) in [5, 5.41) is 8.49. The Morgan fingerprint density at radius 3 is 2.68 bits per heavy atom. The van der Waals surface area contributed by atoms with Gasteiger partial charge in [0.05, 0.1) is 11.0 Å². The fourth-order valence-corrected chi connectivity index (χ4v) is 1.70. The molecule has 0 radical (unpaired) electrons. The van der Waals surface area contributed by atoms with Crippen molar-refractivity contribution in [2.24, 2.45) is 0 Å². The molecule has 98 valence electrons. The molecule has 1 heterocycles. The molecule has 2 N–H and O–H groups in total. The van der Waals surface area contributed by atoms with Crippen LogP contribution >= 0.6 is 0 Å². The van der Waals surface area contributed by atoms with Crippen molar-refractivity contribution in [3.05, 3.63) is 41.7 Å². The van der Waals surface area contributed by atoms with Gasteiger partial charge in [-0.3, -0.25) is 4.79 Å². The van der Waals surface area contributed by atoms with Crippen LogP contribution in [-0.2, 0) is 4.79 Å². The van der Waals surface area contributed by atoms with Crippen LogP contribution < -0.4 is 0 Å².